The number of allylic oxidation sites excluding steroid dienone is 1. The Morgan fingerprint density at radius 2 is 1.92 bits per heavy atom. The fourth-order valence-electron chi connectivity index (χ4n) is 4.62. The molecule has 1 aromatic carbocycles. The maximum atomic E-state index is 14.5. The van der Waals surface area contributed by atoms with Crippen LogP contribution in [0.25, 0.3) is 0 Å². The molecule has 3 fully saturated rings. The van der Waals surface area contributed by atoms with Crippen molar-refractivity contribution in [3.63, 3.8) is 0 Å². The standard InChI is InChI=1S/C20H25FN2O/c1-12-6-4-5-7-16(12)23-19(2,3)18(24)22-17-14-10-20(21)9-8-13(14)15(17)11-20/h4-8,14-15,17,23H,9-11H2,1-3H3,(H,22,24)/t14-,15+,17?,20?. The maximum absolute atomic E-state index is 14.5. The molecule has 2 unspecified atom stereocenters. The van der Waals surface area contributed by atoms with Crippen LogP contribution < -0.4 is 10.6 Å². The van der Waals surface area contributed by atoms with Gasteiger partial charge in [-0.25, -0.2) is 4.39 Å². The average Bonchev–Trinajstić information content (AvgIpc) is 2.53. The lowest BCUT2D eigenvalue weighted by Crippen LogP contribution is -2.66. The van der Waals surface area contributed by atoms with Gasteiger partial charge in [0.1, 0.15) is 11.2 Å². The van der Waals surface area contributed by atoms with Crippen LogP contribution in [0.3, 0.4) is 0 Å². The maximum Gasteiger partial charge on any atom is 0.245 e. The van der Waals surface area contributed by atoms with Gasteiger partial charge < -0.3 is 10.6 Å². The number of aryl methyl sites for hydroxylation is 1. The molecule has 2 N–H and O–H groups in total. The number of anilines is 1. The molecular weight excluding hydrogens is 303 g/mol. The quantitative estimate of drug-likeness (QED) is 0.827. The minimum absolute atomic E-state index is 0.0169. The van der Waals surface area contributed by atoms with E-state index in [4.69, 9.17) is 0 Å². The number of para-hydroxylation sites is 1. The molecule has 0 heterocycles. The third kappa shape index (κ3) is 2.35. The summed E-state index contributed by atoms with van der Waals surface area (Å²) in [6, 6.07) is 8.06. The highest BCUT2D eigenvalue weighted by molar-refractivity contribution is 5.89. The Labute approximate surface area is 142 Å². The summed E-state index contributed by atoms with van der Waals surface area (Å²) in [5.41, 5.74) is 1.73. The van der Waals surface area contributed by atoms with Crippen LogP contribution in [-0.2, 0) is 4.79 Å². The van der Waals surface area contributed by atoms with Crippen LogP contribution in [0, 0.1) is 18.8 Å². The number of carbonyl (C=O) groups excluding carboxylic acids is 1. The second kappa shape index (κ2) is 5.08. The van der Waals surface area contributed by atoms with Crippen LogP contribution in [0.1, 0.15) is 38.7 Å². The number of halogens is 1. The zero-order chi connectivity index (χ0) is 17.1. The molecule has 6 rings (SSSR count). The smallest absolute Gasteiger partial charge is 0.245 e. The number of fused-ring (bicyclic) bond motifs is 1. The van der Waals surface area contributed by atoms with Crippen LogP contribution in [0.15, 0.2) is 35.9 Å². The summed E-state index contributed by atoms with van der Waals surface area (Å²) in [5.74, 6) is 0.401. The van der Waals surface area contributed by atoms with Gasteiger partial charge >= 0.3 is 0 Å². The lowest BCUT2D eigenvalue weighted by molar-refractivity contribution is -0.128. The molecule has 1 amide bonds. The lowest BCUT2D eigenvalue weighted by Gasteiger charge is -2.60. The summed E-state index contributed by atoms with van der Waals surface area (Å²) in [5, 5.41) is 6.54. The van der Waals surface area contributed by atoms with Crippen LogP contribution >= 0.6 is 0 Å². The van der Waals surface area contributed by atoms with Crippen molar-refractivity contribution in [3.8, 4) is 0 Å². The molecule has 24 heavy (non-hydrogen) atoms. The van der Waals surface area contributed by atoms with Crippen molar-refractivity contribution in [1.82, 2.24) is 5.32 Å². The van der Waals surface area contributed by atoms with Crippen molar-refractivity contribution in [2.75, 3.05) is 5.32 Å². The highest BCUT2D eigenvalue weighted by Gasteiger charge is 2.60. The number of alkyl halides is 1. The van der Waals surface area contributed by atoms with Gasteiger partial charge in [0, 0.05) is 23.6 Å². The van der Waals surface area contributed by atoms with Crippen molar-refractivity contribution in [2.45, 2.75) is 57.3 Å². The molecule has 4 heteroatoms. The lowest BCUT2D eigenvalue weighted by atomic mass is 9.49. The first-order valence-corrected chi connectivity index (χ1v) is 8.83. The number of nitrogens with one attached hydrogen (secondary N) is 2. The molecule has 5 aliphatic rings. The minimum Gasteiger partial charge on any atom is -0.371 e. The summed E-state index contributed by atoms with van der Waals surface area (Å²) in [6.45, 7) is 5.81. The average molecular weight is 328 g/mol. The number of carbonyl (C=O) groups is 1. The Balaban J connectivity index is 1.44. The van der Waals surface area contributed by atoms with Gasteiger partial charge in [0.2, 0.25) is 5.91 Å². The normalized spacial score (nSPS) is 33.5. The minimum atomic E-state index is -1.02. The molecule has 4 atom stereocenters. The zero-order valence-corrected chi connectivity index (χ0v) is 14.5. The molecule has 0 radical (unpaired) electrons. The van der Waals surface area contributed by atoms with Gasteiger partial charge in [-0.1, -0.05) is 29.8 Å². The van der Waals surface area contributed by atoms with E-state index in [1.165, 1.54) is 5.57 Å². The monoisotopic (exact) mass is 328 g/mol. The second-order valence-electron chi connectivity index (χ2n) is 8.24. The first kappa shape index (κ1) is 15.7. The fraction of sp³-hybridized carbons (Fsp3) is 0.550. The van der Waals surface area contributed by atoms with E-state index >= 15 is 0 Å². The van der Waals surface area contributed by atoms with Gasteiger partial charge in [-0.2, -0.15) is 0 Å². The third-order valence-corrected chi connectivity index (χ3v) is 6.06. The van der Waals surface area contributed by atoms with Crippen molar-refractivity contribution < 1.29 is 9.18 Å². The van der Waals surface area contributed by atoms with Gasteiger partial charge in [-0.3, -0.25) is 4.79 Å². The van der Waals surface area contributed by atoms with Gasteiger partial charge in [-0.15, -0.1) is 0 Å². The summed E-state index contributed by atoms with van der Waals surface area (Å²) < 4.78 is 14.5. The number of rotatable bonds is 4. The predicted molar refractivity (Wildman–Crippen MR) is 93.6 cm³/mol. The SMILES string of the molecule is Cc1ccccc1NC(C)(C)C(=O)NC1[C@@H]2CC3(F)CC=C2[C@@H]1C3. The summed E-state index contributed by atoms with van der Waals surface area (Å²) >= 11 is 0. The topological polar surface area (TPSA) is 41.1 Å². The summed E-state index contributed by atoms with van der Waals surface area (Å²) in [6.07, 6.45) is 3.79. The molecule has 128 valence electrons. The molecule has 4 bridgehead atoms. The van der Waals surface area contributed by atoms with Crippen molar-refractivity contribution in [2.24, 2.45) is 11.8 Å². The second-order valence-corrected chi connectivity index (χ2v) is 8.24. The highest BCUT2D eigenvalue weighted by atomic mass is 19.1. The number of hydrogen-bond acceptors (Lipinski definition) is 2. The Morgan fingerprint density at radius 1 is 1.25 bits per heavy atom. The van der Waals surface area contributed by atoms with Crippen LogP contribution in [-0.4, -0.2) is 23.2 Å². The van der Waals surface area contributed by atoms with E-state index in [0.29, 0.717) is 19.3 Å². The first-order valence-electron chi connectivity index (χ1n) is 8.83. The van der Waals surface area contributed by atoms with Crippen molar-refractivity contribution in [3.05, 3.63) is 41.5 Å². The first-order chi connectivity index (χ1) is 11.3. The molecule has 0 spiro atoms. The van der Waals surface area contributed by atoms with E-state index in [1.54, 1.807) is 0 Å². The van der Waals surface area contributed by atoms with E-state index in [2.05, 4.69) is 16.7 Å². The Kier molecular flexibility index (Phi) is 3.32. The van der Waals surface area contributed by atoms with E-state index in [9.17, 15) is 9.18 Å². The number of hydrogen-bond donors (Lipinski definition) is 2. The van der Waals surface area contributed by atoms with E-state index in [-0.39, 0.29) is 23.8 Å². The van der Waals surface area contributed by atoms with Gasteiger partial charge in [0.15, 0.2) is 0 Å². The molecular formula is C20H25FN2O. The fourth-order valence-corrected chi connectivity index (χ4v) is 4.62. The summed E-state index contributed by atoms with van der Waals surface area (Å²) in [7, 11) is 0. The molecule has 5 aliphatic carbocycles. The molecule has 0 aliphatic heterocycles. The van der Waals surface area contributed by atoms with Crippen LogP contribution in [0.2, 0.25) is 0 Å². The Hall–Kier alpha value is -1.84. The highest BCUT2D eigenvalue weighted by Crippen LogP contribution is 2.60. The van der Waals surface area contributed by atoms with Crippen LogP contribution in [0.5, 0.6) is 0 Å². The largest absolute Gasteiger partial charge is 0.371 e. The zero-order valence-electron chi connectivity index (χ0n) is 14.5. The van der Waals surface area contributed by atoms with Crippen molar-refractivity contribution in [1.29, 1.82) is 0 Å². The molecule has 1 aromatic rings. The van der Waals surface area contributed by atoms with Crippen LogP contribution in [0.4, 0.5) is 10.1 Å². The molecule has 3 nitrogen and oxygen atoms in total. The molecule has 3 saturated carbocycles. The summed E-state index contributed by atoms with van der Waals surface area (Å²) in [4.78, 5) is 12.8. The third-order valence-electron chi connectivity index (χ3n) is 6.06. The molecule has 0 saturated heterocycles. The van der Waals surface area contributed by atoms with Crippen molar-refractivity contribution >= 4 is 11.6 Å². The predicted octanol–water partition coefficient (Wildman–Crippen LogP) is 3.75. The van der Waals surface area contributed by atoms with E-state index in [0.717, 1.165) is 11.3 Å². The van der Waals surface area contributed by atoms with Gasteiger partial charge in [0.25, 0.3) is 0 Å². The number of benzene rings is 1. The Bertz CT molecular complexity index is 708. The van der Waals surface area contributed by atoms with E-state index in [1.807, 2.05) is 45.0 Å². The molecule has 0 aromatic heterocycles. The van der Waals surface area contributed by atoms with Gasteiger partial charge in [0.05, 0.1) is 0 Å². The Morgan fingerprint density at radius 3 is 2.54 bits per heavy atom. The van der Waals surface area contributed by atoms with E-state index < -0.39 is 11.2 Å². The van der Waals surface area contributed by atoms with Gasteiger partial charge in [-0.05, 0) is 51.7 Å². The number of amides is 1.